The number of carbonyl (C=O) groups is 2. The van der Waals surface area contributed by atoms with Crippen molar-refractivity contribution in [1.82, 2.24) is 4.90 Å². The molecule has 0 fully saturated rings. The van der Waals surface area contributed by atoms with Crippen LogP contribution in [0.5, 0.6) is 0 Å². The van der Waals surface area contributed by atoms with Gasteiger partial charge in [0.25, 0.3) is 5.91 Å². The van der Waals surface area contributed by atoms with E-state index in [0.29, 0.717) is 17.8 Å². The number of anilines is 1. The minimum atomic E-state index is -0.298. The number of hydrogen-bond acceptors (Lipinski definition) is 4. The van der Waals surface area contributed by atoms with E-state index in [1.165, 1.54) is 10.4 Å². The summed E-state index contributed by atoms with van der Waals surface area (Å²) in [6.07, 6.45) is 0.903. The molecule has 1 aromatic carbocycles. The van der Waals surface area contributed by atoms with Crippen LogP contribution in [0.2, 0.25) is 0 Å². The Bertz CT molecular complexity index is 828. The Morgan fingerprint density at radius 1 is 1.27 bits per heavy atom. The van der Waals surface area contributed by atoms with Crippen LogP contribution in [-0.4, -0.2) is 29.3 Å². The number of nitrogens with zero attached hydrogens (tertiary/aromatic N) is 1. The molecule has 3 rings (SSSR count). The third-order valence-corrected chi connectivity index (χ3v) is 6.14. The number of amides is 2. The van der Waals surface area contributed by atoms with E-state index < -0.39 is 0 Å². The molecule has 3 N–H and O–H groups in total. The number of nitrogens with two attached hydrogens (primary N) is 1. The van der Waals surface area contributed by atoms with Crippen LogP contribution in [0.3, 0.4) is 0 Å². The first-order chi connectivity index (χ1) is 12.4. The topological polar surface area (TPSA) is 75.4 Å². The van der Waals surface area contributed by atoms with Crippen LogP contribution in [0.1, 0.15) is 40.2 Å². The van der Waals surface area contributed by atoms with Crippen LogP contribution < -0.4 is 11.1 Å². The van der Waals surface area contributed by atoms with E-state index >= 15 is 0 Å². The predicted octanol–water partition coefficient (Wildman–Crippen LogP) is 3.18. The Hall–Kier alpha value is -2.18. The third-order valence-electron chi connectivity index (χ3n) is 5.12. The summed E-state index contributed by atoms with van der Waals surface area (Å²) in [4.78, 5) is 28.6. The van der Waals surface area contributed by atoms with Gasteiger partial charge in [-0.25, -0.2) is 0 Å². The first-order valence-electron chi connectivity index (χ1n) is 8.89. The van der Waals surface area contributed by atoms with Gasteiger partial charge in [0, 0.05) is 35.3 Å². The van der Waals surface area contributed by atoms with E-state index in [-0.39, 0.29) is 23.8 Å². The molecule has 2 unspecified atom stereocenters. The van der Waals surface area contributed by atoms with Gasteiger partial charge in [0.1, 0.15) is 0 Å². The summed E-state index contributed by atoms with van der Waals surface area (Å²) in [5.74, 6) is -0.419. The van der Waals surface area contributed by atoms with Gasteiger partial charge in [-0.05, 0) is 55.0 Å². The van der Waals surface area contributed by atoms with Gasteiger partial charge in [-0.1, -0.05) is 13.0 Å². The molecule has 2 aromatic rings. The van der Waals surface area contributed by atoms with Crippen molar-refractivity contribution in [2.75, 3.05) is 11.9 Å². The maximum Gasteiger partial charge on any atom is 0.254 e. The molecule has 2 heterocycles. The van der Waals surface area contributed by atoms with Gasteiger partial charge in [-0.3, -0.25) is 9.59 Å². The Kier molecular flexibility index (Phi) is 5.44. The number of fused-ring (bicyclic) bond motifs is 1. The molecular formula is C20H25N3O2S. The van der Waals surface area contributed by atoms with Gasteiger partial charge in [0.15, 0.2) is 0 Å². The lowest BCUT2D eigenvalue weighted by Crippen LogP contribution is -2.36. The normalized spacial score (nSPS) is 15.9. The molecule has 2 atom stereocenters. The summed E-state index contributed by atoms with van der Waals surface area (Å²) in [7, 11) is 0. The number of rotatable bonds is 4. The van der Waals surface area contributed by atoms with Gasteiger partial charge < -0.3 is 16.0 Å². The first-order valence-corrected chi connectivity index (χ1v) is 9.77. The van der Waals surface area contributed by atoms with Crippen molar-refractivity contribution in [2.45, 2.75) is 39.8 Å². The summed E-state index contributed by atoms with van der Waals surface area (Å²) in [6.45, 7) is 6.86. The van der Waals surface area contributed by atoms with Crippen LogP contribution >= 0.6 is 11.3 Å². The van der Waals surface area contributed by atoms with Crippen molar-refractivity contribution in [1.29, 1.82) is 0 Å². The van der Waals surface area contributed by atoms with Crippen molar-refractivity contribution in [2.24, 2.45) is 11.7 Å². The highest BCUT2D eigenvalue weighted by atomic mass is 32.1. The van der Waals surface area contributed by atoms with E-state index in [0.717, 1.165) is 18.5 Å². The molecule has 1 aromatic heterocycles. The predicted molar refractivity (Wildman–Crippen MR) is 105 cm³/mol. The van der Waals surface area contributed by atoms with E-state index in [1.54, 1.807) is 18.3 Å². The monoisotopic (exact) mass is 371 g/mol. The highest BCUT2D eigenvalue weighted by Gasteiger charge is 2.25. The molecule has 0 spiro atoms. The number of nitrogens with one attached hydrogen (secondary N) is 1. The van der Waals surface area contributed by atoms with Crippen LogP contribution in [0.15, 0.2) is 29.6 Å². The molecule has 0 aliphatic carbocycles. The second-order valence-corrected chi connectivity index (χ2v) is 7.96. The van der Waals surface area contributed by atoms with E-state index in [1.807, 2.05) is 36.9 Å². The molecule has 1 aliphatic rings. The molecular weight excluding hydrogens is 346 g/mol. The lowest BCUT2D eigenvalue weighted by molar-refractivity contribution is -0.119. The molecule has 138 valence electrons. The maximum atomic E-state index is 13.0. The summed E-state index contributed by atoms with van der Waals surface area (Å²) >= 11 is 1.76. The van der Waals surface area contributed by atoms with Crippen molar-refractivity contribution in [3.63, 3.8) is 0 Å². The summed E-state index contributed by atoms with van der Waals surface area (Å²) in [6, 6.07) is 7.33. The maximum absolute atomic E-state index is 13.0. The zero-order valence-electron chi connectivity index (χ0n) is 15.4. The van der Waals surface area contributed by atoms with Crippen LogP contribution in [-0.2, 0) is 17.8 Å². The first kappa shape index (κ1) is 18.6. The zero-order chi connectivity index (χ0) is 18.8. The summed E-state index contributed by atoms with van der Waals surface area (Å²) in [5, 5.41) is 5.00. The molecule has 6 heteroatoms. The van der Waals surface area contributed by atoms with Gasteiger partial charge in [-0.2, -0.15) is 0 Å². The van der Waals surface area contributed by atoms with E-state index in [9.17, 15) is 9.59 Å². The molecule has 5 nitrogen and oxygen atoms in total. The summed E-state index contributed by atoms with van der Waals surface area (Å²) in [5.41, 5.74) is 9.14. The SMILES string of the molecule is Cc1c(NC(=O)C(C)C(C)N)cccc1C(=O)N1CCc2sccc2C1. The van der Waals surface area contributed by atoms with Crippen molar-refractivity contribution < 1.29 is 9.59 Å². The van der Waals surface area contributed by atoms with Crippen molar-refractivity contribution in [3.05, 3.63) is 51.2 Å². The number of thiophene rings is 1. The fraction of sp³-hybridized carbons (Fsp3) is 0.400. The molecule has 1 aliphatic heterocycles. The van der Waals surface area contributed by atoms with Gasteiger partial charge >= 0.3 is 0 Å². The molecule has 2 amide bonds. The minimum absolute atomic E-state index is 0.00990. The van der Waals surface area contributed by atoms with Gasteiger partial charge in [0.2, 0.25) is 5.91 Å². The van der Waals surface area contributed by atoms with Crippen LogP contribution in [0.25, 0.3) is 0 Å². The van der Waals surface area contributed by atoms with Crippen molar-refractivity contribution >= 4 is 28.8 Å². The Labute approximate surface area is 158 Å². The second kappa shape index (κ2) is 7.60. The van der Waals surface area contributed by atoms with Crippen LogP contribution in [0.4, 0.5) is 5.69 Å². The Morgan fingerprint density at radius 2 is 2.04 bits per heavy atom. The second-order valence-electron chi connectivity index (χ2n) is 6.96. The van der Waals surface area contributed by atoms with E-state index in [4.69, 9.17) is 5.73 Å². The van der Waals surface area contributed by atoms with Crippen LogP contribution in [0, 0.1) is 12.8 Å². The molecule has 0 bridgehead atoms. The molecule has 26 heavy (non-hydrogen) atoms. The smallest absolute Gasteiger partial charge is 0.254 e. The fourth-order valence-corrected chi connectivity index (χ4v) is 3.97. The third kappa shape index (κ3) is 3.66. The van der Waals surface area contributed by atoms with E-state index in [2.05, 4.69) is 16.8 Å². The lowest BCUT2D eigenvalue weighted by atomic mass is 10.0. The average Bonchev–Trinajstić information content (AvgIpc) is 3.09. The lowest BCUT2D eigenvalue weighted by Gasteiger charge is -2.28. The standard InChI is InChI=1S/C20H25N3O2S/c1-12(14(3)21)19(24)22-17-6-4-5-16(13(17)2)20(25)23-9-7-18-15(11-23)8-10-26-18/h4-6,8,10,12,14H,7,9,11,21H2,1-3H3,(H,22,24). The van der Waals surface area contributed by atoms with Gasteiger partial charge in [-0.15, -0.1) is 11.3 Å². The van der Waals surface area contributed by atoms with Crippen molar-refractivity contribution in [3.8, 4) is 0 Å². The highest BCUT2D eigenvalue weighted by molar-refractivity contribution is 7.10. The molecule has 0 saturated heterocycles. The summed E-state index contributed by atoms with van der Waals surface area (Å²) < 4.78 is 0. The highest BCUT2D eigenvalue weighted by Crippen LogP contribution is 2.27. The largest absolute Gasteiger partial charge is 0.334 e. The number of carbonyl (C=O) groups excluding carboxylic acids is 2. The molecule has 0 saturated carbocycles. The fourth-order valence-electron chi connectivity index (χ4n) is 3.08. The van der Waals surface area contributed by atoms with Gasteiger partial charge in [0.05, 0.1) is 5.92 Å². The average molecular weight is 372 g/mol. The minimum Gasteiger partial charge on any atom is -0.334 e. The number of benzene rings is 1. The Balaban J connectivity index is 1.79. The quantitative estimate of drug-likeness (QED) is 0.867. The molecule has 0 radical (unpaired) electrons. The zero-order valence-corrected chi connectivity index (χ0v) is 16.2. The number of hydrogen-bond donors (Lipinski definition) is 2. The Morgan fingerprint density at radius 3 is 2.77 bits per heavy atom.